The molecule has 0 aliphatic heterocycles. The molecule has 0 spiro atoms. The molecule has 1 aromatic heterocycles. The monoisotopic (exact) mass is 236 g/mol. The molecule has 2 aromatic carbocycles. The first-order chi connectivity index (χ1) is 8.81. The first-order valence-electron chi connectivity index (χ1n) is 5.72. The summed E-state index contributed by atoms with van der Waals surface area (Å²) in [5.74, 6) is 0.267. The number of anilines is 2. The van der Waals surface area contributed by atoms with Crippen LogP contribution in [0, 0.1) is 0 Å². The topological polar surface area (TPSA) is 45.1 Å². The van der Waals surface area contributed by atoms with Gasteiger partial charge in [0.05, 0.1) is 5.52 Å². The van der Waals surface area contributed by atoms with Gasteiger partial charge in [-0.25, -0.2) is 0 Å². The highest BCUT2D eigenvalue weighted by atomic mass is 16.3. The Morgan fingerprint density at radius 2 is 1.67 bits per heavy atom. The number of fused-ring (bicyclic) bond motifs is 1. The summed E-state index contributed by atoms with van der Waals surface area (Å²) in [6, 6.07) is 17.0. The van der Waals surface area contributed by atoms with Crippen LogP contribution in [0.25, 0.3) is 10.9 Å². The molecule has 0 unspecified atom stereocenters. The van der Waals surface area contributed by atoms with Crippen LogP contribution in [-0.2, 0) is 0 Å². The number of hydrogen-bond acceptors (Lipinski definition) is 3. The van der Waals surface area contributed by atoms with Crippen LogP contribution in [0.5, 0.6) is 5.75 Å². The minimum Gasteiger partial charge on any atom is -0.508 e. The molecule has 0 amide bonds. The van der Waals surface area contributed by atoms with E-state index in [0.29, 0.717) is 0 Å². The minimum atomic E-state index is 0.267. The highest BCUT2D eigenvalue weighted by Gasteiger charge is 1.98. The van der Waals surface area contributed by atoms with Gasteiger partial charge in [-0.1, -0.05) is 6.07 Å². The lowest BCUT2D eigenvalue weighted by Gasteiger charge is -2.07. The fraction of sp³-hybridized carbons (Fsp3) is 0. The maximum Gasteiger partial charge on any atom is 0.115 e. The molecule has 3 heteroatoms. The first kappa shape index (κ1) is 10.6. The molecule has 88 valence electrons. The third kappa shape index (κ3) is 2.11. The van der Waals surface area contributed by atoms with Crippen molar-refractivity contribution < 1.29 is 5.11 Å². The Balaban J connectivity index is 1.92. The zero-order valence-corrected chi connectivity index (χ0v) is 9.67. The van der Waals surface area contributed by atoms with Gasteiger partial charge in [0.15, 0.2) is 0 Å². The molecule has 0 atom stereocenters. The molecule has 0 saturated carbocycles. The number of rotatable bonds is 2. The summed E-state index contributed by atoms with van der Waals surface area (Å²) >= 11 is 0. The second-order valence-electron chi connectivity index (χ2n) is 4.08. The summed E-state index contributed by atoms with van der Waals surface area (Å²) in [6.45, 7) is 0. The predicted molar refractivity (Wildman–Crippen MR) is 73.1 cm³/mol. The number of pyridine rings is 1. The number of nitrogens with zero attached hydrogens (tertiary/aromatic N) is 1. The summed E-state index contributed by atoms with van der Waals surface area (Å²) in [5, 5.41) is 13.6. The highest BCUT2D eigenvalue weighted by Crippen LogP contribution is 2.22. The zero-order chi connectivity index (χ0) is 12.4. The van der Waals surface area contributed by atoms with Gasteiger partial charge in [-0.2, -0.15) is 0 Å². The van der Waals surface area contributed by atoms with Crippen molar-refractivity contribution in [2.24, 2.45) is 0 Å². The minimum absolute atomic E-state index is 0.267. The fourth-order valence-electron chi connectivity index (χ4n) is 1.86. The first-order valence-corrected chi connectivity index (χ1v) is 5.72. The van der Waals surface area contributed by atoms with Crippen molar-refractivity contribution >= 4 is 22.3 Å². The number of hydrogen-bond donors (Lipinski definition) is 2. The molecule has 3 nitrogen and oxygen atoms in total. The van der Waals surface area contributed by atoms with Crippen LogP contribution in [0.15, 0.2) is 60.8 Å². The van der Waals surface area contributed by atoms with E-state index in [0.717, 1.165) is 22.3 Å². The Bertz CT molecular complexity index is 677. The molecule has 1 heterocycles. The number of aromatic hydroxyl groups is 1. The van der Waals surface area contributed by atoms with Crippen LogP contribution in [0.4, 0.5) is 11.4 Å². The SMILES string of the molecule is Oc1ccc(Nc2ccc3ncccc3c2)cc1. The number of aromatic nitrogens is 1. The maximum absolute atomic E-state index is 9.23. The number of benzene rings is 2. The van der Waals surface area contributed by atoms with E-state index in [2.05, 4.69) is 16.4 Å². The fourth-order valence-corrected chi connectivity index (χ4v) is 1.86. The van der Waals surface area contributed by atoms with Crippen LogP contribution in [0.2, 0.25) is 0 Å². The second kappa shape index (κ2) is 4.37. The largest absolute Gasteiger partial charge is 0.508 e. The predicted octanol–water partition coefficient (Wildman–Crippen LogP) is 3.68. The van der Waals surface area contributed by atoms with Crippen LogP contribution < -0.4 is 5.32 Å². The van der Waals surface area contributed by atoms with E-state index in [1.165, 1.54) is 0 Å². The molecule has 2 N–H and O–H groups in total. The summed E-state index contributed by atoms with van der Waals surface area (Å²) in [6.07, 6.45) is 1.79. The molecule has 0 bridgehead atoms. The van der Waals surface area contributed by atoms with Crippen molar-refractivity contribution in [2.75, 3.05) is 5.32 Å². The van der Waals surface area contributed by atoms with E-state index in [9.17, 15) is 5.11 Å². The van der Waals surface area contributed by atoms with Crippen molar-refractivity contribution in [3.05, 3.63) is 60.8 Å². The standard InChI is InChI=1S/C15H12N2O/c18-14-6-3-12(4-7-14)17-13-5-8-15-11(10-13)2-1-9-16-15/h1-10,17-18H. The van der Waals surface area contributed by atoms with Crippen molar-refractivity contribution in [2.45, 2.75) is 0 Å². The Morgan fingerprint density at radius 3 is 2.50 bits per heavy atom. The van der Waals surface area contributed by atoms with Gasteiger partial charge in [0.2, 0.25) is 0 Å². The van der Waals surface area contributed by atoms with Crippen molar-refractivity contribution in [1.82, 2.24) is 4.98 Å². The van der Waals surface area contributed by atoms with Crippen LogP contribution >= 0.6 is 0 Å². The Hall–Kier alpha value is -2.55. The molecule has 0 aliphatic carbocycles. The van der Waals surface area contributed by atoms with Crippen molar-refractivity contribution in [3.63, 3.8) is 0 Å². The summed E-state index contributed by atoms with van der Waals surface area (Å²) < 4.78 is 0. The quantitative estimate of drug-likeness (QED) is 0.667. The zero-order valence-electron chi connectivity index (χ0n) is 9.67. The van der Waals surface area contributed by atoms with Crippen LogP contribution in [0.3, 0.4) is 0 Å². The lowest BCUT2D eigenvalue weighted by atomic mass is 10.2. The maximum atomic E-state index is 9.23. The molecule has 18 heavy (non-hydrogen) atoms. The molecule has 0 fully saturated rings. The van der Waals surface area contributed by atoms with Gasteiger partial charge in [-0.05, 0) is 48.5 Å². The summed E-state index contributed by atoms with van der Waals surface area (Å²) in [4.78, 5) is 4.28. The van der Waals surface area contributed by atoms with Gasteiger partial charge < -0.3 is 10.4 Å². The molecule has 3 rings (SSSR count). The molecule has 0 saturated heterocycles. The molecule has 0 radical (unpaired) electrons. The smallest absolute Gasteiger partial charge is 0.115 e. The third-order valence-corrected chi connectivity index (χ3v) is 2.76. The van der Waals surface area contributed by atoms with Gasteiger partial charge in [-0.15, -0.1) is 0 Å². The number of phenolic OH excluding ortho intramolecular Hbond substituents is 1. The molecule has 0 aliphatic rings. The van der Waals surface area contributed by atoms with Crippen LogP contribution in [-0.4, -0.2) is 10.1 Å². The van der Waals surface area contributed by atoms with E-state index in [4.69, 9.17) is 0 Å². The molecular weight excluding hydrogens is 224 g/mol. The van der Waals surface area contributed by atoms with E-state index in [1.807, 2.05) is 36.4 Å². The Labute approximate surface area is 105 Å². The van der Waals surface area contributed by atoms with Gasteiger partial charge >= 0.3 is 0 Å². The number of phenols is 1. The normalized spacial score (nSPS) is 10.4. The van der Waals surface area contributed by atoms with Crippen molar-refractivity contribution in [1.29, 1.82) is 0 Å². The van der Waals surface area contributed by atoms with Gasteiger partial charge in [0.25, 0.3) is 0 Å². The lowest BCUT2D eigenvalue weighted by molar-refractivity contribution is 0.475. The van der Waals surface area contributed by atoms with E-state index >= 15 is 0 Å². The lowest BCUT2D eigenvalue weighted by Crippen LogP contribution is -1.89. The van der Waals surface area contributed by atoms with Gasteiger partial charge in [0.1, 0.15) is 5.75 Å². The summed E-state index contributed by atoms with van der Waals surface area (Å²) in [5.41, 5.74) is 2.92. The molecular formula is C15H12N2O. The average molecular weight is 236 g/mol. The van der Waals surface area contributed by atoms with Crippen LogP contribution in [0.1, 0.15) is 0 Å². The van der Waals surface area contributed by atoms with E-state index in [1.54, 1.807) is 18.3 Å². The Kier molecular flexibility index (Phi) is 2.57. The van der Waals surface area contributed by atoms with Crippen molar-refractivity contribution in [3.8, 4) is 5.75 Å². The molecule has 3 aromatic rings. The van der Waals surface area contributed by atoms with Gasteiger partial charge in [-0.3, -0.25) is 4.98 Å². The second-order valence-corrected chi connectivity index (χ2v) is 4.08. The average Bonchev–Trinajstić information content (AvgIpc) is 2.41. The highest BCUT2D eigenvalue weighted by molar-refractivity contribution is 5.83. The third-order valence-electron chi connectivity index (χ3n) is 2.76. The Morgan fingerprint density at radius 1 is 0.889 bits per heavy atom. The van der Waals surface area contributed by atoms with E-state index in [-0.39, 0.29) is 5.75 Å². The van der Waals surface area contributed by atoms with Gasteiger partial charge in [0, 0.05) is 23.0 Å². The number of nitrogens with one attached hydrogen (secondary N) is 1. The summed E-state index contributed by atoms with van der Waals surface area (Å²) in [7, 11) is 0. The van der Waals surface area contributed by atoms with E-state index < -0.39 is 0 Å².